The molecule has 0 aliphatic heterocycles. The average Bonchev–Trinajstić information content (AvgIpc) is 3.43. The van der Waals surface area contributed by atoms with Gasteiger partial charge in [-0.25, -0.2) is 4.98 Å². The number of benzene rings is 1. The Hall–Kier alpha value is -3.55. The van der Waals surface area contributed by atoms with Gasteiger partial charge in [0.15, 0.2) is 5.76 Å². The van der Waals surface area contributed by atoms with Crippen LogP contribution in [0.5, 0.6) is 11.5 Å². The molecular weight excluding hydrogens is 370 g/mol. The van der Waals surface area contributed by atoms with E-state index >= 15 is 0 Å². The van der Waals surface area contributed by atoms with E-state index in [4.69, 9.17) is 18.9 Å². The summed E-state index contributed by atoms with van der Waals surface area (Å²) in [6.45, 7) is 0. The highest BCUT2D eigenvalue weighted by molar-refractivity contribution is 5.70. The van der Waals surface area contributed by atoms with Gasteiger partial charge in [-0.15, -0.1) is 5.10 Å². The van der Waals surface area contributed by atoms with Gasteiger partial charge in [0.05, 0.1) is 31.9 Å². The second kappa shape index (κ2) is 7.12. The molecule has 5 rings (SSSR count). The molecule has 0 fully saturated rings. The van der Waals surface area contributed by atoms with Gasteiger partial charge in [0.1, 0.15) is 17.3 Å². The number of methoxy groups -OCH3 is 2. The molecule has 1 N–H and O–H groups in total. The lowest BCUT2D eigenvalue weighted by molar-refractivity contribution is 0.395. The summed E-state index contributed by atoms with van der Waals surface area (Å²) in [6.07, 6.45) is 5.73. The molecule has 8 nitrogen and oxygen atoms in total. The summed E-state index contributed by atoms with van der Waals surface area (Å²) in [5, 5.41) is 8.18. The van der Waals surface area contributed by atoms with Crippen LogP contribution in [0, 0.1) is 0 Å². The minimum Gasteiger partial charge on any atom is -0.497 e. The first-order valence-corrected chi connectivity index (χ1v) is 9.58. The van der Waals surface area contributed by atoms with Crippen molar-refractivity contribution in [3.63, 3.8) is 0 Å². The Balaban J connectivity index is 1.67. The van der Waals surface area contributed by atoms with E-state index in [0.717, 1.165) is 54.2 Å². The topological polar surface area (TPSA) is 86.7 Å². The Kier molecular flexibility index (Phi) is 4.31. The third-order valence-corrected chi connectivity index (χ3v) is 5.16. The van der Waals surface area contributed by atoms with Crippen molar-refractivity contribution in [1.82, 2.24) is 19.6 Å². The van der Waals surface area contributed by atoms with Gasteiger partial charge in [0.2, 0.25) is 5.82 Å². The van der Waals surface area contributed by atoms with Crippen LogP contribution in [0.1, 0.15) is 24.1 Å². The van der Waals surface area contributed by atoms with Crippen molar-refractivity contribution in [2.45, 2.75) is 25.7 Å². The molecule has 3 heterocycles. The summed E-state index contributed by atoms with van der Waals surface area (Å²) < 4.78 is 18.1. The first kappa shape index (κ1) is 17.5. The Labute approximate surface area is 167 Å². The molecule has 1 aromatic carbocycles. The molecule has 0 spiro atoms. The maximum absolute atomic E-state index is 5.56. The number of nitrogens with one attached hydrogen (secondary N) is 1. The second-order valence-electron chi connectivity index (χ2n) is 6.91. The van der Waals surface area contributed by atoms with E-state index in [-0.39, 0.29) is 0 Å². The van der Waals surface area contributed by atoms with Crippen molar-refractivity contribution in [1.29, 1.82) is 0 Å². The summed E-state index contributed by atoms with van der Waals surface area (Å²) in [6, 6.07) is 9.34. The number of ether oxygens (including phenoxy) is 2. The molecule has 29 heavy (non-hydrogen) atoms. The molecular formula is C21H21N5O3. The molecule has 148 valence electrons. The number of aryl methyl sites for hydroxylation is 1. The fraction of sp³-hybridized carbons (Fsp3) is 0.286. The minimum absolute atomic E-state index is 0.509. The zero-order valence-electron chi connectivity index (χ0n) is 16.3. The van der Waals surface area contributed by atoms with E-state index in [1.165, 1.54) is 0 Å². The fourth-order valence-electron chi connectivity index (χ4n) is 3.71. The van der Waals surface area contributed by atoms with E-state index in [1.54, 1.807) is 25.0 Å². The molecule has 0 atom stereocenters. The van der Waals surface area contributed by atoms with E-state index in [2.05, 4.69) is 15.4 Å². The van der Waals surface area contributed by atoms with Gasteiger partial charge in [0, 0.05) is 11.6 Å². The molecule has 8 heteroatoms. The van der Waals surface area contributed by atoms with Crippen LogP contribution in [-0.2, 0) is 12.8 Å². The van der Waals surface area contributed by atoms with E-state index < -0.39 is 0 Å². The maximum Gasteiger partial charge on any atom is 0.255 e. The van der Waals surface area contributed by atoms with Gasteiger partial charge < -0.3 is 19.2 Å². The van der Waals surface area contributed by atoms with Crippen molar-refractivity contribution >= 4 is 17.3 Å². The van der Waals surface area contributed by atoms with Crippen LogP contribution >= 0.6 is 0 Å². The lowest BCUT2D eigenvalue weighted by Gasteiger charge is -2.20. The SMILES string of the molecule is COc1ccc(Nc2c3c(nc4nc(-c5ccco5)nn24)CCCC3)c(OC)c1. The highest BCUT2D eigenvalue weighted by atomic mass is 16.5. The molecule has 0 saturated carbocycles. The van der Waals surface area contributed by atoms with Crippen LogP contribution in [0.15, 0.2) is 41.0 Å². The summed E-state index contributed by atoms with van der Waals surface area (Å²) in [5.41, 5.74) is 3.05. The van der Waals surface area contributed by atoms with Gasteiger partial charge in [-0.2, -0.15) is 9.50 Å². The van der Waals surface area contributed by atoms with E-state index in [9.17, 15) is 0 Å². The molecule has 4 aromatic rings. The number of aromatic nitrogens is 4. The molecule has 0 bridgehead atoms. The minimum atomic E-state index is 0.509. The van der Waals surface area contributed by atoms with Crippen LogP contribution in [0.4, 0.5) is 11.5 Å². The molecule has 0 unspecified atom stereocenters. The van der Waals surface area contributed by atoms with Crippen molar-refractivity contribution < 1.29 is 13.9 Å². The Morgan fingerprint density at radius 2 is 1.97 bits per heavy atom. The van der Waals surface area contributed by atoms with Gasteiger partial charge in [0.25, 0.3) is 5.78 Å². The monoisotopic (exact) mass is 391 g/mol. The molecule has 1 aliphatic carbocycles. The van der Waals surface area contributed by atoms with E-state index in [1.807, 2.05) is 30.3 Å². The lowest BCUT2D eigenvalue weighted by atomic mass is 9.96. The summed E-state index contributed by atoms with van der Waals surface area (Å²) >= 11 is 0. The molecule has 1 aliphatic rings. The average molecular weight is 391 g/mol. The zero-order chi connectivity index (χ0) is 19.8. The van der Waals surface area contributed by atoms with Crippen molar-refractivity contribution in [3.8, 4) is 23.1 Å². The smallest absolute Gasteiger partial charge is 0.255 e. The number of fused-ring (bicyclic) bond motifs is 2. The van der Waals surface area contributed by atoms with Gasteiger partial charge in [-0.3, -0.25) is 0 Å². The molecule has 0 saturated heterocycles. The number of hydrogen-bond acceptors (Lipinski definition) is 7. The molecule has 0 radical (unpaired) electrons. The normalized spacial score (nSPS) is 13.3. The second-order valence-corrected chi connectivity index (χ2v) is 6.91. The predicted octanol–water partition coefficient (Wildman–Crippen LogP) is 4.02. The van der Waals surface area contributed by atoms with Gasteiger partial charge in [-0.1, -0.05) is 0 Å². The quantitative estimate of drug-likeness (QED) is 0.550. The van der Waals surface area contributed by atoms with E-state index in [0.29, 0.717) is 23.1 Å². The van der Waals surface area contributed by atoms with Crippen molar-refractivity contribution in [3.05, 3.63) is 47.9 Å². The maximum atomic E-state index is 5.56. The highest BCUT2D eigenvalue weighted by Gasteiger charge is 2.22. The highest BCUT2D eigenvalue weighted by Crippen LogP contribution is 2.35. The number of rotatable bonds is 5. The number of hydrogen-bond donors (Lipinski definition) is 1. The molecule has 0 amide bonds. The van der Waals surface area contributed by atoms with Crippen LogP contribution in [0.3, 0.4) is 0 Å². The summed E-state index contributed by atoms with van der Waals surface area (Å²) in [4.78, 5) is 9.37. The van der Waals surface area contributed by atoms with Crippen LogP contribution in [-0.4, -0.2) is 33.8 Å². The number of nitrogens with zero attached hydrogens (tertiary/aromatic N) is 4. The van der Waals surface area contributed by atoms with Gasteiger partial charge >= 0.3 is 0 Å². The Morgan fingerprint density at radius 3 is 2.76 bits per heavy atom. The third-order valence-electron chi connectivity index (χ3n) is 5.16. The first-order valence-electron chi connectivity index (χ1n) is 9.58. The molecule has 3 aromatic heterocycles. The summed E-state index contributed by atoms with van der Waals surface area (Å²) in [5.74, 6) is 3.95. The standard InChI is InChI=1S/C21H21N5O3/c1-27-13-9-10-16(18(12-13)28-2)22-20-14-6-3-4-7-15(14)23-21-24-19(25-26(20)21)17-8-5-11-29-17/h5,8-12,22H,3-4,6-7H2,1-2H3. The van der Waals surface area contributed by atoms with Crippen LogP contribution < -0.4 is 14.8 Å². The van der Waals surface area contributed by atoms with Gasteiger partial charge in [-0.05, 0) is 49.9 Å². The fourth-order valence-corrected chi connectivity index (χ4v) is 3.71. The van der Waals surface area contributed by atoms with Crippen molar-refractivity contribution in [2.24, 2.45) is 0 Å². The van der Waals surface area contributed by atoms with Crippen molar-refractivity contribution in [2.75, 3.05) is 19.5 Å². The van der Waals surface area contributed by atoms with Crippen LogP contribution in [0.2, 0.25) is 0 Å². The lowest BCUT2D eigenvalue weighted by Crippen LogP contribution is -2.14. The number of furan rings is 1. The largest absolute Gasteiger partial charge is 0.497 e. The Morgan fingerprint density at radius 1 is 1.07 bits per heavy atom. The predicted molar refractivity (Wildman–Crippen MR) is 108 cm³/mol. The number of anilines is 2. The summed E-state index contributed by atoms with van der Waals surface area (Å²) in [7, 11) is 3.28. The first-order chi connectivity index (χ1) is 14.3. The third kappa shape index (κ3) is 3.06. The van der Waals surface area contributed by atoms with Crippen LogP contribution in [0.25, 0.3) is 17.4 Å². The zero-order valence-corrected chi connectivity index (χ0v) is 16.3. The Bertz CT molecular complexity index is 1170.